The van der Waals surface area contributed by atoms with Crippen molar-refractivity contribution in [3.63, 3.8) is 0 Å². The first kappa shape index (κ1) is 8.17. The van der Waals surface area contributed by atoms with Crippen LogP contribution in [0.2, 0.25) is 0 Å². The lowest BCUT2D eigenvalue weighted by Gasteiger charge is -1.96. The summed E-state index contributed by atoms with van der Waals surface area (Å²) in [6.07, 6.45) is 3.72. The molecule has 1 nitrogen and oxygen atoms in total. The topological polar surface area (TPSA) is 20.2 Å². The molecule has 0 aromatic carbocycles. The van der Waals surface area contributed by atoms with Gasteiger partial charge in [-0.05, 0) is 16.6 Å². The lowest BCUT2D eigenvalue weighted by Crippen LogP contribution is -1.97. The van der Waals surface area contributed by atoms with Gasteiger partial charge < -0.3 is 5.11 Å². The zero-order chi connectivity index (χ0) is 6.41. The fourth-order valence-electron chi connectivity index (χ4n) is 0.333. The van der Waals surface area contributed by atoms with Crippen molar-refractivity contribution >= 4 is 22.6 Å². The third-order valence-electron chi connectivity index (χ3n) is 0.703. The van der Waals surface area contributed by atoms with Gasteiger partial charge in [-0.3, -0.25) is 0 Å². The minimum atomic E-state index is -0.343. The molecule has 0 saturated carbocycles. The molecule has 0 aromatic rings. The summed E-state index contributed by atoms with van der Waals surface area (Å²) in [5, 5.41) is 8.89. The summed E-state index contributed by atoms with van der Waals surface area (Å²) in [7, 11) is 0. The first-order valence-electron chi connectivity index (χ1n) is 2.37. The van der Waals surface area contributed by atoms with Crippen LogP contribution < -0.4 is 0 Å². The highest BCUT2D eigenvalue weighted by atomic mass is 127. The molecule has 1 unspecified atom stereocenters. The molecule has 46 valence electrons. The maximum Gasteiger partial charge on any atom is 0.0762 e. The third kappa shape index (κ3) is 4.33. The standard InChI is InChI=1S/C6H9IO/c1-2-3-6(8)4-5-7/h2,4-6,8H,1,3H2/b5-4+. The monoisotopic (exact) mass is 224 g/mol. The largest absolute Gasteiger partial charge is 0.389 e. The minimum Gasteiger partial charge on any atom is -0.389 e. The fraction of sp³-hybridized carbons (Fsp3) is 0.333. The van der Waals surface area contributed by atoms with E-state index in [1.54, 1.807) is 16.2 Å². The molecule has 0 aliphatic rings. The van der Waals surface area contributed by atoms with Crippen molar-refractivity contribution in [1.29, 1.82) is 0 Å². The minimum absolute atomic E-state index is 0.343. The van der Waals surface area contributed by atoms with E-state index in [1.807, 2.05) is 0 Å². The molecule has 0 aromatic heterocycles. The molecule has 0 fully saturated rings. The molecule has 0 saturated heterocycles. The van der Waals surface area contributed by atoms with E-state index < -0.39 is 0 Å². The Morgan fingerprint density at radius 3 is 2.75 bits per heavy atom. The Morgan fingerprint density at radius 2 is 2.38 bits per heavy atom. The Hall–Kier alpha value is 0.170. The lowest BCUT2D eigenvalue weighted by atomic mass is 10.2. The summed E-state index contributed by atoms with van der Waals surface area (Å²) in [6, 6.07) is 0. The zero-order valence-electron chi connectivity index (χ0n) is 4.55. The van der Waals surface area contributed by atoms with Crippen molar-refractivity contribution < 1.29 is 5.11 Å². The molecule has 0 aliphatic heterocycles. The number of aliphatic hydroxyl groups excluding tert-OH is 1. The number of halogens is 1. The van der Waals surface area contributed by atoms with Crippen LogP contribution in [0, 0.1) is 0 Å². The highest BCUT2D eigenvalue weighted by molar-refractivity contribution is 14.1. The van der Waals surface area contributed by atoms with Gasteiger partial charge in [-0.25, -0.2) is 0 Å². The Kier molecular flexibility index (Phi) is 5.42. The second-order valence-electron chi connectivity index (χ2n) is 1.41. The second kappa shape index (κ2) is 5.31. The average molecular weight is 224 g/mol. The maximum atomic E-state index is 8.89. The highest BCUT2D eigenvalue weighted by Crippen LogP contribution is 1.95. The van der Waals surface area contributed by atoms with Gasteiger partial charge >= 0.3 is 0 Å². The van der Waals surface area contributed by atoms with Crippen LogP contribution in [0.1, 0.15) is 6.42 Å². The highest BCUT2D eigenvalue weighted by Gasteiger charge is 1.90. The van der Waals surface area contributed by atoms with Crippen molar-refractivity contribution in [2.24, 2.45) is 0 Å². The average Bonchev–Trinajstić information content (AvgIpc) is 1.68. The van der Waals surface area contributed by atoms with Crippen LogP contribution in [0.3, 0.4) is 0 Å². The molecule has 1 atom stereocenters. The van der Waals surface area contributed by atoms with Gasteiger partial charge in [0.25, 0.3) is 0 Å². The van der Waals surface area contributed by atoms with Gasteiger partial charge in [0.2, 0.25) is 0 Å². The Morgan fingerprint density at radius 1 is 1.75 bits per heavy atom. The normalized spacial score (nSPS) is 14.2. The quantitative estimate of drug-likeness (QED) is 0.573. The predicted molar refractivity (Wildman–Crippen MR) is 44.0 cm³/mol. The van der Waals surface area contributed by atoms with Crippen LogP contribution in [-0.2, 0) is 0 Å². The number of rotatable bonds is 3. The summed E-state index contributed by atoms with van der Waals surface area (Å²) >= 11 is 2.07. The van der Waals surface area contributed by atoms with E-state index in [2.05, 4.69) is 29.2 Å². The molecule has 0 radical (unpaired) electrons. The van der Waals surface area contributed by atoms with Crippen molar-refractivity contribution in [3.05, 3.63) is 22.8 Å². The van der Waals surface area contributed by atoms with Crippen molar-refractivity contribution in [3.8, 4) is 0 Å². The van der Waals surface area contributed by atoms with Crippen LogP contribution in [0.25, 0.3) is 0 Å². The molecule has 2 heteroatoms. The van der Waals surface area contributed by atoms with Gasteiger partial charge in [-0.1, -0.05) is 28.7 Å². The lowest BCUT2D eigenvalue weighted by molar-refractivity contribution is 0.227. The SMILES string of the molecule is C=CCC(O)/C=C/I. The zero-order valence-corrected chi connectivity index (χ0v) is 6.71. The molecular formula is C6H9IO. The predicted octanol–water partition coefficient (Wildman–Crippen LogP) is 1.87. The summed E-state index contributed by atoms with van der Waals surface area (Å²) in [5.41, 5.74) is 0. The smallest absolute Gasteiger partial charge is 0.0762 e. The van der Waals surface area contributed by atoms with E-state index in [9.17, 15) is 0 Å². The van der Waals surface area contributed by atoms with E-state index in [0.29, 0.717) is 6.42 Å². The molecule has 1 N–H and O–H groups in total. The van der Waals surface area contributed by atoms with Crippen LogP contribution in [0.5, 0.6) is 0 Å². The number of hydrogen-bond acceptors (Lipinski definition) is 1. The van der Waals surface area contributed by atoms with Gasteiger partial charge in [0.15, 0.2) is 0 Å². The Bertz CT molecular complexity index is 88.5. The van der Waals surface area contributed by atoms with Crippen LogP contribution in [-0.4, -0.2) is 11.2 Å². The van der Waals surface area contributed by atoms with Gasteiger partial charge in [0.05, 0.1) is 6.10 Å². The fourth-order valence-corrected chi connectivity index (χ4v) is 0.813. The van der Waals surface area contributed by atoms with E-state index in [0.717, 1.165) is 0 Å². The van der Waals surface area contributed by atoms with E-state index >= 15 is 0 Å². The molecule has 0 bridgehead atoms. The Labute approximate surface area is 63.2 Å². The Balaban J connectivity index is 3.31. The summed E-state index contributed by atoms with van der Waals surface area (Å²) in [5.74, 6) is 0. The molecule has 0 heterocycles. The number of hydrogen-bond donors (Lipinski definition) is 1. The van der Waals surface area contributed by atoms with Crippen molar-refractivity contribution in [1.82, 2.24) is 0 Å². The summed E-state index contributed by atoms with van der Waals surface area (Å²) in [6.45, 7) is 3.49. The summed E-state index contributed by atoms with van der Waals surface area (Å²) in [4.78, 5) is 0. The summed E-state index contributed by atoms with van der Waals surface area (Å²) < 4.78 is 1.80. The van der Waals surface area contributed by atoms with Crippen molar-refractivity contribution in [2.45, 2.75) is 12.5 Å². The van der Waals surface area contributed by atoms with E-state index in [-0.39, 0.29) is 6.10 Å². The van der Waals surface area contributed by atoms with Crippen LogP contribution in [0.15, 0.2) is 22.8 Å². The number of aliphatic hydroxyl groups is 1. The first-order valence-corrected chi connectivity index (χ1v) is 3.61. The maximum absolute atomic E-state index is 8.89. The van der Waals surface area contributed by atoms with Crippen LogP contribution >= 0.6 is 22.6 Å². The van der Waals surface area contributed by atoms with E-state index in [1.165, 1.54) is 0 Å². The van der Waals surface area contributed by atoms with Gasteiger partial charge in [0, 0.05) is 0 Å². The molecule has 0 spiro atoms. The van der Waals surface area contributed by atoms with Gasteiger partial charge in [-0.15, -0.1) is 6.58 Å². The van der Waals surface area contributed by atoms with E-state index in [4.69, 9.17) is 5.11 Å². The molecule has 0 aliphatic carbocycles. The van der Waals surface area contributed by atoms with Gasteiger partial charge in [0.1, 0.15) is 0 Å². The first-order chi connectivity index (χ1) is 3.81. The van der Waals surface area contributed by atoms with Gasteiger partial charge in [-0.2, -0.15) is 0 Å². The van der Waals surface area contributed by atoms with Crippen LogP contribution in [0.4, 0.5) is 0 Å². The molecular weight excluding hydrogens is 215 g/mol. The molecule has 0 amide bonds. The van der Waals surface area contributed by atoms with Crippen molar-refractivity contribution in [2.75, 3.05) is 0 Å². The molecule has 0 rings (SSSR count). The molecule has 8 heavy (non-hydrogen) atoms. The second-order valence-corrected chi connectivity index (χ2v) is 2.13. The third-order valence-corrected chi connectivity index (χ3v) is 1.12.